The summed E-state index contributed by atoms with van der Waals surface area (Å²) in [6, 6.07) is 1.93. The van der Waals surface area contributed by atoms with Gasteiger partial charge in [0.1, 0.15) is 0 Å². The number of pyridine rings is 1. The summed E-state index contributed by atoms with van der Waals surface area (Å²) >= 11 is 0. The highest BCUT2D eigenvalue weighted by Crippen LogP contribution is 2.27. The number of aromatic nitrogens is 1. The molecule has 2 heteroatoms. The number of rotatable bonds is 0. The van der Waals surface area contributed by atoms with Crippen LogP contribution in [0.3, 0.4) is 0 Å². The van der Waals surface area contributed by atoms with E-state index in [-0.39, 0.29) is 5.41 Å². The van der Waals surface area contributed by atoms with Gasteiger partial charge in [0.15, 0.2) is 0 Å². The highest BCUT2D eigenvalue weighted by Gasteiger charge is 2.16. The molecule has 0 saturated heterocycles. The van der Waals surface area contributed by atoms with E-state index in [1.165, 1.54) is 0 Å². The molecule has 1 rings (SSSR count). The topological polar surface area (TPSA) is 17.2 Å². The van der Waals surface area contributed by atoms with Crippen LogP contribution >= 0.6 is 0 Å². The zero-order valence-corrected chi connectivity index (χ0v) is 8.55. The van der Waals surface area contributed by atoms with Crippen molar-refractivity contribution in [3.63, 3.8) is 0 Å². The lowest BCUT2D eigenvalue weighted by atomic mass is 9.86. The summed E-state index contributed by atoms with van der Waals surface area (Å²) in [5.74, 6) is 0. The van der Waals surface area contributed by atoms with Gasteiger partial charge in [-0.3, -0.25) is 4.98 Å². The Morgan fingerprint density at radius 3 is 2.46 bits per heavy atom. The molecule has 0 fully saturated rings. The molecule has 1 aromatic heterocycles. The van der Waals surface area contributed by atoms with E-state index in [0.717, 1.165) is 11.3 Å². The third-order valence-corrected chi connectivity index (χ3v) is 2.01. The van der Waals surface area contributed by atoms with Crippen molar-refractivity contribution in [2.24, 2.45) is 0 Å². The van der Waals surface area contributed by atoms with Crippen LogP contribution in [0.15, 0.2) is 12.3 Å². The van der Waals surface area contributed by atoms with Crippen LogP contribution in [0.4, 0.5) is 5.69 Å². The Hall–Kier alpha value is -1.36. The van der Waals surface area contributed by atoms with Crippen molar-refractivity contribution < 1.29 is 0 Å². The van der Waals surface area contributed by atoms with Gasteiger partial charge in [0.25, 0.3) is 0 Å². The standard InChI is InChI=1S/C11H14N2/c1-8-10(11(2,3)4)6-9(12-5)7-13-8/h6-7H,1-4H3. The lowest BCUT2D eigenvalue weighted by molar-refractivity contribution is 0.582. The average Bonchev–Trinajstić information content (AvgIpc) is 2.03. The summed E-state index contributed by atoms with van der Waals surface area (Å²) in [5, 5.41) is 0. The van der Waals surface area contributed by atoms with Crippen molar-refractivity contribution >= 4 is 5.69 Å². The minimum absolute atomic E-state index is 0.0672. The Bertz CT molecular complexity index is 353. The molecule has 0 atom stereocenters. The first kappa shape index (κ1) is 9.73. The van der Waals surface area contributed by atoms with Crippen LogP contribution in [0.5, 0.6) is 0 Å². The van der Waals surface area contributed by atoms with E-state index in [4.69, 9.17) is 6.57 Å². The maximum Gasteiger partial charge on any atom is 0.205 e. The second kappa shape index (κ2) is 3.18. The number of aryl methyl sites for hydroxylation is 1. The molecule has 0 aliphatic rings. The fourth-order valence-electron chi connectivity index (χ4n) is 1.34. The Balaban J connectivity index is 3.29. The summed E-state index contributed by atoms with van der Waals surface area (Å²) in [5.41, 5.74) is 2.86. The lowest BCUT2D eigenvalue weighted by Gasteiger charge is -2.21. The van der Waals surface area contributed by atoms with Gasteiger partial charge >= 0.3 is 0 Å². The van der Waals surface area contributed by atoms with Gasteiger partial charge < -0.3 is 0 Å². The third kappa shape index (κ3) is 2.06. The van der Waals surface area contributed by atoms with Crippen LogP contribution in [-0.2, 0) is 5.41 Å². The Morgan fingerprint density at radius 2 is 2.00 bits per heavy atom. The van der Waals surface area contributed by atoms with Crippen LogP contribution in [-0.4, -0.2) is 4.98 Å². The molecule has 0 radical (unpaired) electrons. The van der Waals surface area contributed by atoms with Gasteiger partial charge in [0, 0.05) is 11.9 Å². The van der Waals surface area contributed by atoms with Crippen molar-refractivity contribution in [1.82, 2.24) is 4.98 Å². The zero-order valence-electron chi connectivity index (χ0n) is 8.55. The quantitative estimate of drug-likeness (QED) is 0.552. The highest BCUT2D eigenvalue weighted by molar-refractivity contribution is 5.47. The monoisotopic (exact) mass is 174 g/mol. The molecule has 0 spiro atoms. The molecule has 13 heavy (non-hydrogen) atoms. The second-order valence-electron chi connectivity index (χ2n) is 4.19. The van der Waals surface area contributed by atoms with Gasteiger partial charge in [-0.1, -0.05) is 20.8 Å². The smallest absolute Gasteiger partial charge is 0.205 e. The molecule has 0 aliphatic carbocycles. The number of hydrogen-bond donors (Lipinski definition) is 0. The predicted molar refractivity (Wildman–Crippen MR) is 53.9 cm³/mol. The summed E-state index contributed by atoms with van der Waals surface area (Å²) in [4.78, 5) is 7.58. The number of nitrogens with zero attached hydrogens (tertiary/aromatic N) is 2. The van der Waals surface area contributed by atoms with Crippen molar-refractivity contribution in [3.05, 3.63) is 34.9 Å². The van der Waals surface area contributed by atoms with Crippen molar-refractivity contribution in [1.29, 1.82) is 0 Å². The fourth-order valence-corrected chi connectivity index (χ4v) is 1.34. The minimum Gasteiger partial charge on any atom is -0.273 e. The van der Waals surface area contributed by atoms with Crippen molar-refractivity contribution in [2.75, 3.05) is 0 Å². The van der Waals surface area contributed by atoms with Crippen molar-refractivity contribution in [3.8, 4) is 0 Å². The first-order valence-electron chi connectivity index (χ1n) is 4.30. The molecule has 0 unspecified atom stereocenters. The van der Waals surface area contributed by atoms with Crippen LogP contribution in [0.1, 0.15) is 32.0 Å². The molecule has 0 N–H and O–H groups in total. The van der Waals surface area contributed by atoms with E-state index in [0.29, 0.717) is 5.69 Å². The average molecular weight is 174 g/mol. The van der Waals surface area contributed by atoms with Gasteiger partial charge in [-0.2, -0.15) is 0 Å². The van der Waals surface area contributed by atoms with E-state index >= 15 is 0 Å². The molecule has 2 nitrogen and oxygen atoms in total. The third-order valence-electron chi connectivity index (χ3n) is 2.01. The molecule has 68 valence electrons. The van der Waals surface area contributed by atoms with E-state index in [1.54, 1.807) is 6.20 Å². The maximum absolute atomic E-state index is 6.90. The molecule has 0 amide bonds. The molecular formula is C11H14N2. The molecule has 0 bridgehead atoms. The zero-order chi connectivity index (χ0) is 10.1. The lowest BCUT2D eigenvalue weighted by Crippen LogP contribution is -2.13. The van der Waals surface area contributed by atoms with Gasteiger partial charge in [0.2, 0.25) is 5.69 Å². The van der Waals surface area contributed by atoms with Crippen LogP contribution < -0.4 is 0 Å². The molecule has 0 aromatic carbocycles. The Kier molecular flexibility index (Phi) is 2.38. The van der Waals surface area contributed by atoms with E-state index < -0.39 is 0 Å². The summed E-state index contributed by atoms with van der Waals surface area (Å²) in [6.45, 7) is 15.3. The maximum atomic E-state index is 6.90. The van der Waals surface area contributed by atoms with Crippen LogP contribution in [0, 0.1) is 13.5 Å². The molecule has 1 heterocycles. The summed E-state index contributed by atoms with van der Waals surface area (Å²) < 4.78 is 0. The van der Waals surface area contributed by atoms with E-state index in [2.05, 4.69) is 30.6 Å². The van der Waals surface area contributed by atoms with Crippen LogP contribution in [0.2, 0.25) is 0 Å². The molecule has 0 aliphatic heterocycles. The first-order valence-corrected chi connectivity index (χ1v) is 4.30. The van der Waals surface area contributed by atoms with E-state index in [1.807, 2.05) is 13.0 Å². The van der Waals surface area contributed by atoms with Gasteiger partial charge in [-0.25, -0.2) is 4.85 Å². The van der Waals surface area contributed by atoms with Crippen LogP contribution in [0.25, 0.3) is 4.85 Å². The second-order valence-corrected chi connectivity index (χ2v) is 4.19. The normalized spacial score (nSPS) is 11.0. The predicted octanol–water partition coefficient (Wildman–Crippen LogP) is 3.24. The SMILES string of the molecule is [C-]#[N+]c1cnc(C)c(C(C)(C)C)c1. The summed E-state index contributed by atoms with van der Waals surface area (Å²) in [6.07, 6.45) is 1.62. The Labute approximate surface area is 79.4 Å². The van der Waals surface area contributed by atoms with Gasteiger partial charge in [-0.15, -0.1) is 0 Å². The first-order chi connectivity index (χ1) is 5.95. The fraction of sp³-hybridized carbons (Fsp3) is 0.455. The van der Waals surface area contributed by atoms with Crippen molar-refractivity contribution in [2.45, 2.75) is 33.1 Å². The molecule has 0 saturated carbocycles. The minimum atomic E-state index is 0.0672. The summed E-state index contributed by atoms with van der Waals surface area (Å²) in [7, 11) is 0. The van der Waals surface area contributed by atoms with E-state index in [9.17, 15) is 0 Å². The number of hydrogen-bond acceptors (Lipinski definition) is 1. The molecule has 1 aromatic rings. The largest absolute Gasteiger partial charge is 0.273 e. The van der Waals surface area contributed by atoms with Gasteiger partial charge in [-0.05, 0) is 24.0 Å². The molecular weight excluding hydrogens is 160 g/mol. The highest BCUT2D eigenvalue weighted by atomic mass is 14.7. The Morgan fingerprint density at radius 1 is 1.38 bits per heavy atom. The van der Waals surface area contributed by atoms with Gasteiger partial charge in [0.05, 0.1) is 6.57 Å².